The lowest BCUT2D eigenvalue weighted by atomic mass is 10.2. The first-order valence-electron chi connectivity index (χ1n) is 9.19. The fourth-order valence-corrected chi connectivity index (χ4v) is 4.33. The zero-order chi connectivity index (χ0) is 18.8. The summed E-state index contributed by atoms with van der Waals surface area (Å²) >= 11 is 0. The minimum Gasteiger partial charge on any atom is -0.382 e. The summed E-state index contributed by atoms with van der Waals surface area (Å²) in [6, 6.07) is 7.68. The second kappa shape index (κ2) is 12.4. The van der Waals surface area contributed by atoms with Crippen LogP contribution in [0.25, 0.3) is 0 Å². The number of fused-ring (bicyclic) bond motifs is 1. The molecule has 7 nitrogen and oxygen atoms in total. The molecule has 9 heteroatoms. The van der Waals surface area contributed by atoms with Crippen LogP contribution in [0.15, 0.2) is 29.3 Å². The van der Waals surface area contributed by atoms with Crippen LogP contribution >= 0.6 is 24.0 Å². The molecule has 0 unspecified atom stereocenters. The fraction of sp³-hybridized carbons (Fsp3) is 0.611. The number of halogens is 1. The van der Waals surface area contributed by atoms with Gasteiger partial charge in [-0.1, -0.05) is 18.2 Å². The van der Waals surface area contributed by atoms with Gasteiger partial charge in [-0.05, 0) is 37.8 Å². The summed E-state index contributed by atoms with van der Waals surface area (Å²) in [5.74, 6) is 0.658. The Morgan fingerprint density at radius 2 is 1.96 bits per heavy atom. The largest absolute Gasteiger partial charge is 0.382 e. The van der Waals surface area contributed by atoms with Crippen molar-refractivity contribution in [3.63, 3.8) is 0 Å². The molecular weight excluding hydrogens is 479 g/mol. The van der Waals surface area contributed by atoms with Crippen molar-refractivity contribution in [2.75, 3.05) is 50.0 Å². The summed E-state index contributed by atoms with van der Waals surface area (Å²) in [6.45, 7) is 5.11. The Morgan fingerprint density at radius 3 is 2.70 bits per heavy atom. The lowest BCUT2D eigenvalue weighted by Gasteiger charge is -2.20. The SMILES string of the molecule is CCOCCCCNC(=NC)NCCS(=O)(=O)N1CCc2ccccc21.I. The third kappa shape index (κ3) is 7.46. The van der Waals surface area contributed by atoms with E-state index in [2.05, 4.69) is 15.6 Å². The summed E-state index contributed by atoms with van der Waals surface area (Å²) in [4.78, 5) is 4.13. The normalized spacial score (nSPS) is 13.9. The number of para-hydroxylation sites is 1. The van der Waals surface area contributed by atoms with Crippen molar-refractivity contribution in [1.29, 1.82) is 0 Å². The van der Waals surface area contributed by atoms with E-state index < -0.39 is 10.0 Å². The quantitative estimate of drug-likeness (QED) is 0.218. The van der Waals surface area contributed by atoms with Crippen LogP contribution in [0.2, 0.25) is 0 Å². The van der Waals surface area contributed by atoms with Crippen molar-refractivity contribution in [1.82, 2.24) is 10.6 Å². The Bertz CT molecular complexity index is 698. The summed E-state index contributed by atoms with van der Waals surface area (Å²) in [5.41, 5.74) is 1.90. The van der Waals surface area contributed by atoms with Gasteiger partial charge in [0.1, 0.15) is 0 Å². The molecule has 0 bridgehead atoms. The highest BCUT2D eigenvalue weighted by Gasteiger charge is 2.28. The third-order valence-electron chi connectivity index (χ3n) is 4.27. The predicted octanol–water partition coefficient (Wildman–Crippen LogP) is 1.98. The van der Waals surface area contributed by atoms with E-state index in [1.807, 2.05) is 31.2 Å². The first-order chi connectivity index (χ1) is 12.6. The molecule has 1 heterocycles. The first kappa shape index (κ1) is 24.0. The van der Waals surface area contributed by atoms with E-state index in [0.29, 0.717) is 19.0 Å². The maximum Gasteiger partial charge on any atom is 0.236 e. The maximum absolute atomic E-state index is 12.6. The van der Waals surface area contributed by atoms with Gasteiger partial charge in [-0.15, -0.1) is 24.0 Å². The highest BCUT2D eigenvalue weighted by atomic mass is 127. The average molecular weight is 510 g/mol. The third-order valence-corrected chi connectivity index (χ3v) is 6.04. The highest BCUT2D eigenvalue weighted by molar-refractivity contribution is 14.0. The topological polar surface area (TPSA) is 83.0 Å². The van der Waals surface area contributed by atoms with E-state index in [1.165, 1.54) is 4.31 Å². The minimum atomic E-state index is -3.34. The molecular formula is C18H31IN4O3S. The van der Waals surface area contributed by atoms with Gasteiger partial charge in [0.05, 0.1) is 11.4 Å². The van der Waals surface area contributed by atoms with Gasteiger partial charge in [-0.3, -0.25) is 9.30 Å². The molecule has 154 valence electrons. The number of sulfonamides is 1. The second-order valence-corrected chi connectivity index (χ2v) is 8.11. The van der Waals surface area contributed by atoms with E-state index in [0.717, 1.165) is 50.3 Å². The van der Waals surface area contributed by atoms with Crippen LogP contribution in [0.1, 0.15) is 25.3 Å². The van der Waals surface area contributed by atoms with Crippen LogP contribution in [0.5, 0.6) is 0 Å². The predicted molar refractivity (Wildman–Crippen MR) is 122 cm³/mol. The molecule has 0 radical (unpaired) electrons. The number of nitrogens with zero attached hydrogens (tertiary/aromatic N) is 2. The smallest absolute Gasteiger partial charge is 0.236 e. The molecule has 1 aromatic rings. The van der Waals surface area contributed by atoms with E-state index in [4.69, 9.17) is 4.74 Å². The molecule has 0 atom stereocenters. The number of guanidine groups is 1. The lowest BCUT2D eigenvalue weighted by Crippen LogP contribution is -2.42. The number of aliphatic imine (C=N–C) groups is 1. The molecule has 0 fully saturated rings. The molecule has 1 aromatic carbocycles. The van der Waals surface area contributed by atoms with Crippen LogP contribution in [0.3, 0.4) is 0 Å². The molecule has 0 amide bonds. The van der Waals surface area contributed by atoms with Crippen molar-refractivity contribution in [3.8, 4) is 0 Å². The molecule has 2 rings (SSSR count). The van der Waals surface area contributed by atoms with Crippen molar-refractivity contribution in [2.24, 2.45) is 4.99 Å². The van der Waals surface area contributed by atoms with Crippen LogP contribution in [-0.4, -0.2) is 60.0 Å². The second-order valence-electron chi connectivity index (χ2n) is 6.10. The zero-order valence-electron chi connectivity index (χ0n) is 16.1. The first-order valence-corrected chi connectivity index (χ1v) is 10.8. The average Bonchev–Trinajstić information content (AvgIpc) is 3.08. The number of benzene rings is 1. The number of rotatable bonds is 10. The molecule has 2 N–H and O–H groups in total. The Balaban J connectivity index is 0.00000364. The van der Waals surface area contributed by atoms with Crippen molar-refractivity contribution in [2.45, 2.75) is 26.2 Å². The van der Waals surface area contributed by atoms with Gasteiger partial charge in [0.2, 0.25) is 10.0 Å². The molecule has 0 spiro atoms. The number of ether oxygens (including phenoxy) is 1. The summed E-state index contributed by atoms with van der Waals surface area (Å²) in [6.07, 6.45) is 2.73. The van der Waals surface area contributed by atoms with Crippen LogP contribution in [-0.2, 0) is 21.2 Å². The van der Waals surface area contributed by atoms with Crippen LogP contribution in [0, 0.1) is 0 Å². The number of hydrogen-bond donors (Lipinski definition) is 2. The van der Waals surface area contributed by atoms with Gasteiger partial charge >= 0.3 is 0 Å². The highest BCUT2D eigenvalue weighted by Crippen LogP contribution is 2.29. The Kier molecular flexibility index (Phi) is 11.0. The Hall–Kier alpha value is -1.07. The number of unbranched alkanes of at least 4 members (excludes halogenated alkanes) is 1. The fourth-order valence-electron chi connectivity index (χ4n) is 2.91. The lowest BCUT2D eigenvalue weighted by molar-refractivity contribution is 0.143. The van der Waals surface area contributed by atoms with Gasteiger partial charge in [-0.2, -0.15) is 0 Å². The molecule has 0 saturated heterocycles. The number of nitrogens with one attached hydrogen (secondary N) is 2. The molecule has 27 heavy (non-hydrogen) atoms. The van der Waals surface area contributed by atoms with Crippen LogP contribution < -0.4 is 14.9 Å². The number of hydrogen-bond acceptors (Lipinski definition) is 4. The van der Waals surface area contributed by atoms with Gasteiger partial charge in [-0.25, -0.2) is 8.42 Å². The zero-order valence-corrected chi connectivity index (χ0v) is 19.3. The Labute approximate surface area is 180 Å². The standard InChI is InChI=1S/C18H30N4O3S.HI/c1-3-25-14-7-6-11-20-18(19-2)21-12-15-26(23,24)22-13-10-16-8-4-5-9-17(16)22;/h4-5,8-9H,3,6-7,10-15H2,1-2H3,(H2,19,20,21);1H. The van der Waals surface area contributed by atoms with Gasteiger partial charge in [0.15, 0.2) is 5.96 Å². The summed E-state index contributed by atoms with van der Waals surface area (Å²) in [5, 5.41) is 6.27. The van der Waals surface area contributed by atoms with E-state index in [9.17, 15) is 8.42 Å². The number of anilines is 1. The molecule has 0 aromatic heterocycles. The van der Waals surface area contributed by atoms with Crippen LogP contribution in [0.4, 0.5) is 5.69 Å². The van der Waals surface area contributed by atoms with E-state index in [-0.39, 0.29) is 29.7 Å². The summed E-state index contributed by atoms with van der Waals surface area (Å²) in [7, 11) is -1.66. The van der Waals surface area contributed by atoms with E-state index in [1.54, 1.807) is 7.05 Å². The molecule has 0 saturated carbocycles. The minimum absolute atomic E-state index is 0. The molecule has 0 aliphatic carbocycles. The molecule has 1 aliphatic rings. The van der Waals surface area contributed by atoms with Gasteiger partial charge in [0.25, 0.3) is 0 Å². The van der Waals surface area contributed by atoms with E-state index >= 15 is 0 Å². The summed E-state index contributed by atoms with van der Waals surface area (Å²) < 4.78 is 32.1. The monoisotopic (exact) mass is 510 g/mol. The van der Waals surface area contributed by atoms with Crippen molar-refractivity contribution in [3.05, 3.63) is 29.8 Å². The van der Waals surface area contributed by atoms with Crippen molar-refractivity contribution >= 4 is 45.6 Å². The maximum atomic E-state index is 12.6. The van der Waals surface area contributed by atoms with Gasteiger partial charge < -0.3 is 15.4 Å². The molecule has 1 aliphatic heterocycles. The van der Waals surface area contributed by atoms with Gasteiger partial charge in [0, 0.05) is 39.9 Å². The van der Waals surface area contributed by atoms with Crippen molar-refractivity contribution < 1.29 is 13.2 Å². The Morgan fingerprint density at radius 1 is 1.22 bits per heavy atom.